The molecule has 60 heavy (non-hydrogen) atoms. The van der Waals surface area contributed by atoms with Crippen molar-refractivity contribution < 1.29 is 4.42 Å². The number of rotatable bonds is 5. The molecule has 0 saturated heterocycles. The van der Waals surface area contributed by atoms with E-state index in [2.05, 4.69) is 152 Å². The maximum atomic E-state index is 11.1. The molecule has 0 N–H and O–H groups in total. The number of fused-ring (bicyclic) bond motifs is 12. The third kappa shape index (κ3) is 4.80. The van der Waals surface area contributed by atoms with E-state index in [1.807, 2.05) is 60.7 Å². The van der Waals surface area contributed by atoms with Crippen LogP contribution in [0.15, 0.2) is 192 Å². The second-order valence-electron chi connectivity index (χ2n) is 15.1. The van der Waals surface area contributed by atoms with Gasteiger partial charge in [-0.05, 0) is 95.7 Å². The van der Waals surface area contributed by atoms with Crippen LogP contribution in [0.3, 0.4) is 0 Å². The SMILES string of the molecule is [C-]#[N+]c1cc(-n2c3ccc(N(c4ccccc4)c4ccccc4)cc3c3c4ccccc4ccc32)c(C#N)cc1-n1c2ccccc2c2ccc3oc4ccccc4c3c21. The van der Waals surface area contributed by atoms with E-state index < -0.39 is 0 Å². The molecule has 0 aliphatic rings. The summed E-state index contributed by atoms with van der Waals surface area (Å²) in [5.74, 6) is 0. The van der Waals surface area contributed by atoms with Gasteiger partial charge in [-0.25, -0.2) is 4.85 Å². The minimum Gasteiger partial charge on any atom is -0.456 e. The van der Waals surface area contributed by atoms with Crippen LogP contribution in [0.25, 0.3) is 92.5 Å². The van der Waals surface area contributed by atoms with Crippen molar-refractivity contribution in [3.63, 3.8) is 0 Å². The van der Waals surface area contributed by atoms with Crippen LogP contribution in [-0.2, 0) is 0 Å². The molecule has 3 heterocycles. The van der Waals surface area contributed by atoms with E-state index in [0.717, 1.165) is 93.4 Å². The van der Waals surface area contributed by atoms with Crippen molar-refractivity contribution in [2.75, 3.05) is 4.90 Å². The first kappa shape index (κ1) is 33.5. The topological polar surface area (TPSA) is 54.4 Å². The standard InChI is InChI=1S/C54H31N5O/c1-56-44-32-48(35(33-55)30-49(44)59-45-22-12-10-20-40(45)41-26-29-51-53(54(41)59)42-21-11-13-23-50(42)60-51)58-46-28-25-38(57(36-15-4-2-5-16-36)37-17-6-3-7-18-37)31-43(46)52-39-19-9-8-14-34(39)24-27-47(52)58/h2-32H. The first-order chi connectivity index (χ1) is 29.7. The number of furan rings is 1. The smallest absolute Gasteiger partial charge is 0.212 e. The van der Waals surface area contributed by atoms with Crippen molar-refractivity contribution in [1.82, 2.24) is 9.13 Å². The lowest BCUT2D eigenvalue weighted by molar-refractivity contribution is 0.669. The van der Waals surface area contributed by atoms with Gasteiger partial charge in [-0.2, -0.15) is 5.26 Å². The normalized spacial score (nSPS) is 11.6. The lowest BCUT2D eigenvalue weighted by atomic mass is 10.0. The number of nitriles is 1. The minimum absolute atomic E-state index is 0.434. The zero-order valence-electron chi connectivity index (χ0n) is 32.0. The molecule has 6 heteroatoms. The number of hydrogen-bond acceptors (Lipinski definition) is 3. The van der Waals surface area contributed by atoms with E-state index in [9.17, 15) is 5.26 Å². The van der Waals surface area contributed by atoms with Crippen LogP contribution in [0.1, 0.15) is 5.56 Å². The molecule has 3 aromatic heterocycles. The van der Waals surface area contributed by atoms with Gasteiger partial charge in [-0.1, -0.05) is 103 Å². The van der Waals surface area contributed by atoms with Crippen LogP contribution in [0.2, 0.25) is 0 Å². The van der Waals surface area contributed by atoms with Crippen molar-refractivity contribution in [3.05, 3.63) is 205 Å². The Balaban J connectivity index is 1.15. The second kappa shape index (κ2) is 13.0. The third-order valence-electron chi connectivity index (χ3n) is 11.9. The average Bonchev–Trinajstić information content (AvgIpc) is 3.97. The van der Waals surface area contributed by atoms with Gasteiger partial charge < -0.3 is 18.5 Å². The highest BCUT2D eigenvalue weighted by molar-refractivity contribution is 6.25. The summed E-state index contributed by atoms with van der Waals surface area (Å²) in [5.41, 5.74) is 10.6. The summed E-state index contributed by atoms with van der Waals surface area (Å²) < 4.78 is 10.7. The zero-order chi connectivity index (χ0) is 39.9. The summed E-state index contributed by atoms with van der Waals surface area (Å²) in [7, 11) is 0. The van der Waals surface area contributed by atoms with Gasteiger partial charge in [0.1, 0.15) is 17.2 Å². The molecular weight excluding hydrogens is 735 g/mol. The van der Waals surface area contributed by atoms with Crippen LogP contribution < -0.4 is 4.90 Å². The average molecular weight is 766 g/mol. The molecule has 0 saturated carbocycles. The Morgan fingerprint density at radius 2 is 1.15 bits per heavy atom. The van der Waals surface area contributed by atoms with Crippen molar-refractivity contribution in [2.45, 2.75) is 0 Å². The van der Waals surface area contributed by atoms with E-state index in [-0.39, 0.29) is 0 Å². The van der Waals surface area contributed by atoms with Crippen molar-refractivity contribution in [3.8, 4) is 17.4 Å². The number of aromatic nitrogens is 2. The lowest BCUT2D eigenvalue weighted by Gasteiger charge is -2.25. The molecule has 0 bridgehead atoms. The van der Waals surface area contributed by atoms with Crippen LogP contribution in [0.4, 0.5) is 22.7 Å². The predicted molar refractivity (Wildman–Crippen MR) is 246 cm³/mol. The number of hydrogen-bond donors (Lipinski definition) is 0. The maximum absolute atomic E-state index is 11.1. The summed E-state index contributed by atoms with van der Waals surface area (Å²) in [4.78, 5) is 6.48. The van der Waals surface area contributed by atoms with Crippen LogP contribution >= 0.6 is 0 Å². The van der Waals surface area contributed by atoms with Crippen LogP contribution in [0.5, 0.6) is 0 Å². The quantitative estimate of drug-likeness (QED) is 0.164. The Morgan fingerprint density at radius 3 is 1.92 bits per heavy atom. The highest BCUT2D eigenvalue weighted by Gasteiger charge is 2.24. The molecule has 9 aromatic carbocycles. The van der Waals surface area contributed by atoms with Gasteiger partial charge in [0, 0.05) is 44.0 Å². The third-order valence-corrected chi connectivity index (χ3v) is 11.9. The number of nitrogens with zero attached hydrogens (tertiary/aromatic N) is 5. The van der Waals surface area contributed by atoms with Crippen LogP contribution in [0, 0.1) is 17.9 Å². The number of benzene rings is 9. The summed E-state index contributed by atoms with van der Waals surface area (Å²) in [6.45, 7) is 8.69. The van der Waals surface area contributed by atoms with Gasteiger partial charge in [0.15, 0.2) is 0 Å². The summed E-state index contributed by atoms with van der Waals surface area (Å²) in [5, 5.41) is 19.6. The highest BCUT2D eigenvalue weighted by Crippen LogP contribution is 2.46. The largest absolute Gasteiger partial charge is 0.456 e. The Labute approximate surface area is 344 Å². The fraction of sp³-hybridized carbons (Fsp3) is 0. The predicted octanol–water partition coefficient (Wildman–Crippen LogP) is 14.8. The minimum atomic E-state index is 0.434. The first-order valence-electron chi connectivity index (χ1n) is 19.9. The molecular formula is C54H31N5O. The lowest BCUT2D eigenvalue weighted by Crippen LogP contribution is -2.09. The Kier molecular flexibility index (Phi) is 7.26. The second-order valence-corrected chi connectivity index (χ2v) is 15.1. The molecule has 278 valence electrons. The fourth-order valence-electron chi connectivity index (χ4n) is 9.40. The zero-order valence-corrected chi connectivity index (χ0v) is 32.0. The summed E-state index contributed by atoms with van der Waals surface area (Å²) >= 11 is 0. The Hall–Kier alpha value is -8.58. The van der Waals surface area contributed by atoms with E-state index >= 15 is 0 Å². The van der Waals surface area contributed by atoms with E-state index in [4.69, 9.17) is 11.0 Å². The van der Waals surface area contributed by atoms with Gasteiger partial charge in [-0.15, -0.1) is 0 Å². The molecule has 0 fully saturated rings. The van der Waals surface area contributed by atoms with E-state index in [0.29, 0.717) is 22.6 Å². The molecule has 0 aliphatic heterocycles. The molecule has 0 amide bonds. The Bertz CT molecular complexity index is 3760. The van der Waals surface area contributed by atoms with E-state index in [1.54, 1.807) is 0 Å². The molecule has 0 aliphatic carbocycles. The molecule has 0 atom stereocenters. The van der Waals surface area contributed by atoms with Crippen molar-refractivity contribution >= 4 is 99.1 Å². The maximum Gasteiger partial charge on any atom is 0.212 e. The first-order valence-corrected chi connectivity index (χ1v) is 19.9. The van der Waals surface area contributed by atoms with Crippen LogP contribution in [-0.4, -0.2) is 9.13 Å². The van der Waals surface area contributed by atoms with Crippen molar-refractivity contribution in [2.24, 2.45) is 0 Å². The molecule has 12 aromatic rings. The Morgan fingerprint density at radius 1 is 0.483 bits per heavy atom. The van der Waals surface area contributed by atoms with Gasteiger partial charge in [0.25, 0.3) is 0 Å². The number of anilines is 3. The van der Waals surface area contributed by atoms with Gasteiger partial charge in [0.05, 0.1) is 51.0 Å². The van der Waals surface area contributed by atoms with Gasteiger partial charge in [0.2, 0.25) is 5.69 Å². The van der Waals surface area contributed by atoms with Crippen molar-refractivity contribution in [1.29, 1.82) is 5.26 Å². The fourth-order valence-corrected chi connectivity index (χ4v) is 9.40. The molecule has 12 rings (SSSR count). The molecule has 6 nitrogen and oxygen atoms in total. The summed E-state index contributed by atoms with van der Waals surface area (Å²) in [6.07, 6.45) is 0. The molecule has 0 radical (unpaired) electrons. The monoisotopic (exact) mass is 765 g/mol. The number of para-hydroxylation sites is 4. The molecule has 0 unspecified atom stereocenters. The van der Waals surface area contributed by atoms with Gasteiger partial charge in [-0.3, -0.25) is 0 Å². The summed E-state index contributed by atoms with van der Waals surface area (Å²) in [6, 6.07) is 66.9. The molecule has 0 spiro atoms. The van der Waals surface area contributed by atoms with Gasteiger partial charge >= 0.3 is 0 Å². The highest BCUT2D eigenvalue weighted by atomic mass is 16.3. The van der Waals surface area contributed by atoms with E-state index in [1.165, 1.54) is 0 Å².